The van der Waals surface area contributed by atoms with Crippen molar-refractivity contribution in [3.8, 4) is 11.3 Å². The maximum absolute atomic E-state index is 12.1. The second kappa shape index (κ2) is 6.11. The zero-order valence-electron chi connectivity index (χ0n) is 12.3. The summed E-state index contributed by atoms with van der Waals surface area (Å²) >= 11 is 1.41. The minimum atomic E-state index is -0.122. The topological polar surface area (TPSA) is 68.0 Å². The summed E-state index contributed by atoms with van der Waals surface area (Å²) in [5.41, 5.74) is 3.47. The highest BCUT2D eigenvalue weighted by molar-refractivity contribution is 7.14. The molecule has 2 aromatic heterocycles. The van der Waals surface area contributed by atoms with Crippen molar-refractivity contribution in [3.63, 3.8) is 0 Å². The van der Waals surface area contributed by atoms with Crippen LogP contribution in [0.1, 0.15) is 17.0 Å². The van der Waals surface area contributed by atoms with Gasteiger partial charge in [-0.15, -0.1) is 11.3 Å². The van der Waals surface area contributed by atoms with Crippen molar-refractivity contribution in [1.82, 2.24) is 10.1 Å². The molecule has 0 saturated heterocycles. The first-order valence-corrected chi connectivity index (χ1v) is 7.74. The molecule has 5 nitrogen and oxygen atoms in total. The van der Waals surface area contributed by atoms with E-state index in [-0.39, 0.29) is 12.3 Å². The Bertz CT molecular complexity index is 773. The van der Waals surface area contributed by atoms with Gasteiger partial charge in [0.05, 0.1) is 17.8 Å². The predicted octanol–water partition coefficient (Wildman–Crippen LogP) is 3.60. The van der Waals surface area contributed by atoms with Crippen LogP contribution in [0.15, 0.2) is 40.2 Å². The van der Waals surface area contributed by atoms with Crippen molar-refractivity contribution >= 4 is 22.4 Å². The molecule has 0 fully saturated rings. The van der Waals surface area contributed by atoms with Gasteiger partial charge in [-0.3, -0.25) is 4.79 Å². The van der Waals surface area contributed by atoms with Gasteiger partial charge in [-0.2, -0.15) is 0 Å². The lowest BCUT2D eigenvalue weighted by Crippen LogP contribution is -2.15. The van der Waals surface area contributed by atoms with Gasteiger partial charge in [0.15, 0.2) is 5.13 Å². The number of aromatic nitrogens is 2. The van der Waals surface area contributed by atoms with Crippen LogP contribution in [0.25, 0.3) is 11.3 Å². The molecule has 0 bridgehead atoms. The molecule has 2 heterocycles. The second-order valence-corrected chi connectivity index (χ2v) is 5.79. The SMILES string of the molecule is Cc1noc(C)c1CC(=O)Nc1nc(-c2ccccc2)cs1. The van der Waals surface area contributed by atoms with Crippen molar-refractivity contribution in [2.75, 3.05) is 5.32 Å². The van der Waals surface area contributed by atoms with E-state index in [9.17, 15) is 4.79 Å². The zero-order chi connectivity index (χ0) is 15.5. The number of rotatable bonds is 4. The normalized spacial score (nSPS) is 10.6. The summed E-state index contributed by atoms with van der Waals surface area (Å²) < 4.78 is 5.07. The molecule has 0 aliphatic rings. The summed E-state index contributed by atoms with van der Waals surface area (Å²) in [5, 5.41) is 9.20. The van der Waals surface area contributed by atoms with Crippen LogP contribution in [0.2, 0.25) is 0 Å². The fourth-order valence-electron chi connectivity index (χ4n) is 2.15. The fraction of sp³-hybridized carbons (Fsp3) is 0.188. The third-order valence-electron chi connectivity index (χ3n) is 3.34. The van der Waals surface area contributed by atoms with Crippen LogP contribution in [0, 0.1) is 13.8 Å². The number of carbonyl (C=O) groups excluding carboxylic acids is 1. The van der Waals surface area contributed by atoms with Crippen molar-refractivity contribution in [3.05, 3.63) is 52.7 Å². The van der Waals surface area contributed by atoms with Crippen molar-refractivity contribution in [1.29, 1.82) is 0 Å². The highest BCUT2D eigenvalue weighted by Crippen LogP contribution is 2.24. The molecular formula is C16H15N3O2S. The molecule has 0 aliphatic carbocycles. The smallest absolute Gasteiger partial charge is 0.230 e. The highest BCUT2D eigenvalue weighted by atomic mass is 32.1. The van der Waals surface area contributed by atoms with Gasteiger partial charge in [-0.1, -0.05) is 35.5 Å². The summed E-state index contributed by atoms with van der Waals surface area (Å²) in [5.74, 6) is 0.556. The maximum atomic E-state index is 12.1. The van der Waals surface area contributed by atoms with Crippen LogP contribution in [0.3, 0.4) is 0 Å². The molecule has 1 N–H and O–H groups in total. The minimum Gasteiger partial charge on any atom is -0.361 e. The van der Waals surface area contributed by atoms with E-state index in [1.54, 1.807) is 6.92 Å². The first-order chi connectivity index (χ1) is 10.6. The molecule has 3 aromatic rings. The van der Waals surface area contributed by atoms with E-state index < -0.39 is 0 Å². The second-order valence-electron chi connectivity index (χ2n) is 4.93. The lowest BCUT2D eigenvalue weighted by atomic mass is 10.1. The minimum absolute atomic E-state index is 0.122. The van der Waals surface area contributed by atoms with E-state index in [1.807, 2.05) is 42.6 Å². The van der Waals surface area contributed by atoms with E-state index in [4.69, 9.17) is 4.52 Å². The highest BCUT2D eigenvalue weighted by Gasteiger charge is 2.14. The molecule has 0 radical (unpaired) electrons. The Morgan fingerprint density at radius 3 is 2.73 bits per heavy atom. The van der Waals surface area contributed by atoms with E-state index >= 15 is 0 Å². The molecule has 3 rings (SSSR count). The van der Waals surface area contributed by atoms with Gasteiger partial charge in [0, 0.05) is 16.5 Å². The van der Waals surface area contributed by atoms with Crippen molar-refractivity contribution in [2.45, 2.75) is 20.3 Å². The number of anilines is 1. The summed E-state index contributed by atoms with van der Waals surface area (Å²) in [4.78, 5) is 16.6. The average Bonchev–Trinajstić information content (AvgIpc) is 3.10. The first-order valence-electron chi connectivity index (χ1n) is 6.86. The Balaban J connectivity index is 1.69. The summed E-state index contributed by atoms with van der Waals surface area (Å²) in [6.45, 7) is 3.63. The van der Waals surface area contributed by atoms with E-state index in [0.717, 1.165) is 22.5 Å². The molecule has 0 aliphatic heterocycles. The van der Waals surface area contributed by atoms with Gasteiger partial charge in [-0.05, 0) is 13.8 Å². The lowest BCUT2D eigenvalue weighted by molar-refractivity contribution is -0.115. The summed E-state index contributed by atoms with van der Waals surface area (Å²) in [6, 6.07) is 9.87. The van der Waals surface area contributed by atoms with Crippen molar-refractivity contribution in [2.24, 2.45) is 0 Å². The molecule has 0 spiro atoms. The van der Waals surface area contributed by atoms with Crippen LogP contribution in [-0.2, 0) is 11.2 Å². The lowest BCUT2D eigenvalue weighted by Gasteiger charge is -2.01. The Kier molecular flexibility index (Phi) is 4.02. The Morgan fingerprint density at radius 1 is 1.27 bits per heavy atom. The van der Waals surface area contributed by atoms with Gasteiger partial charge in [-0.25, -0.2) is 4.98 Å². The molecule has 0 unspecified atom stereocenters. The van der Waals surface area contributed by atoms with Gasteiger partial charge in [0.2, 0.25) is 5.91 Å². The fourth-order valence-corrected chi connectivity index (χ4v) is 2.89. The monoisotopic (exact) mass is 313 g/mol. The molecular weight excluding hydrogens is 298 g/mol. The summed E-state index contributed by atoms with van der Waals surface area (Å²) in [7, 11) is 0. The number of carbonyl (C=O) groups is 1. The van der Waals surface area contributed by atoms with Crippen LogP contribution in [0.5, 0.6) is 0 Å². The number of hydrogen-bond donors (Lipinski definition) is 1. The van der Waals surface area contributed by atoms with Gasteiger partial charge in [0.25, 0.3) is 0 Å². The largest absolute Gasteiger partial charge is 0.361 e. The van der Waals surface area contributed by atoms with Gasteiger partial charge in [0.1, 0.15) is 5.76 Å². The van der Waals surface area contributed by atoms with Crippen LogP contribution in [0.4, 0.5) is 5.13 Å². The van der Waals surface area contributed by atoms with E-state index in [2.05, 4.69) is 15.5 Å². The zero-order valence-corrected chi connectivity index (χ0v) is 13.1. The van der Waals surface area contributed by atoms with Gasteiger partial charge < -0.3 is 9.84 Å². The van der Waals surface area contributed by atoms with E-state index in [1.165, 1.54) is 11.3 Å². The van der Waals surface area contributed by atoms with Crippen LogP contribution < -0.4 is 5.32 Å². The Morgan fingerprint density at radius 2 is 2.05 bits per heavy atom. The van der Waals surface area contributed by atoms with Crippen LogP contribution in [-0.4, -0.2) is 16.0 Å². The number of benzene rings is 1. The average molecular weight is 313 g/mol. The molecule has 112 valence electrons. The molecule has 6 heteroatoms. The van der Waals surface area contributed by atoms with Crippen molar-refractivity contribution < 1.29 is 9.32 Å². The number of nitrogens with zero attached hydrogens (tertiary/aromatic N) is 2. The number of thiazole rings is 1. The number of hydrogen-bond acceptors (Lipinski definition) is 5. The standard InChI is InChI=1S/C16H15N3O2S/c1-10-13(11(2)21-19-10)8-15(20)18-16-17-14(9-22-16)12-6-4-3-5-7-12/h3-7,9H,8H2,1-2H3,(H,17,18,20). The number of aryl methyl sites for hydroxylation is 2. The quantitative estimate of drug-likeness (QED) is 0.799. The Labute approximate surface area is 132 Å². The molecule has 22 heavy (non-hydrogen) atoms. The third-order valence-corrected chi connectivity index (χ3v) is 4.10. The third kappa shape index (κ3) is 3.07. The van der Waals surface area contributed by atoms with Crippen LogP contribution >= 0.6 is 11.3 Å². The predicted molar refractivity (Wildman–Crippen MR) is 85.9 cm³/mol. The molecule has 1 amide bonds. The van der Waals surface area contributed by atoms with Gasteiger partial charge >= 0.3 is 0 Å². The number of nitrogens with one attached hydrogen (secondary N) is 1. The molecule has 0 saturated carbocycles. The Hall–Kier alpha value is -2.47. The maximum Gasteiger partial charge on any atom is 0.230 e. The molecule has 1 aromatic carbocycles. The first kappa shape index (κ1) is 14.5. The number of amides is 1. The van der Waals surface area contributed by atoms with E-state index in [0.29, 0.717) is 10.9 Å². The summed E-state index contributed by atoms with van der Waals surface area (Å²) in [6.07, 6.45) is 0.238. The molecule has 0 atom stereocenters.